The molecule has 25 heavy (non-hydrogen) atoms. The zero-order chi connectivity index (χ0) is 17.6. The molecule has 0 N–H and O–H groups in total. The van der Waals surface area contributed by atoms with Crippen LogP contribution in [0.2, 0.25) is 5.02 Å². The van der Waals surface area contributed by atoms with E-state index in [1.165, 1.54) is 5.56 Å². The van der Waals surface area contributed by atoms with Crippen molar-refractivity contribution in [2.24, 2.45) is 0 Å². The normalized spacial score (nSPS) is 17.8. The van der Waals surface area contributed by atoms with E-state index in [0.29, 0.717) is 17.4 Å². The van der Waals surface area contributed by atoms with Crippen molar-refractivity contribution in [1.29, 1.82) is 0 Å². The molecule has 1 heterocycles. The van der Waals surface area contributed by atoms with Gasteiger partial charge in [0.15, 0.2) is 0 Å². The van der Waals surface area contributed by atoms with Gasteiger partial charge in [0.1, 0.15) is 5.75 Å². The quantitative estimate of drug-likeness (QED) is 0.794. The van der Waals surface area contributed by atoms with Gasteiger partial charge in [0.05, 0.1) is 13.5 Å². The smallest absolute Gasteiger partial charge is 0.227 e. The second-order valence-corrected chi connectivity index (χ2v) is 6.98. The van der Waals surface area contributed by atoms with Gasteiger partial charge in [0.25, 0.3) is 0 Å². The number of benzene rings is 2. The number of nitrogens with zero attached hydrogens (tertiary/aromatic N) is 1. The minimum Gasteiger partial charge on any atom is -0.497 e. The summed E-state index contributed by atoms with van der Waals surface area (Å²) in [5, 5.41) is 0.664. The molecule has 0 aromatic heterocycles. The van der Waals surface area contributed by atoms with E-state index in [9.17, 15) is 4.79 Å². The number of halogens is 1. The summed E-state index contributed by atoms with van der Waals surface area (Å²) in [7, 11) is 1.68. The fourth-order valence-corrected chi connectivity index (χ4v) is 3.64. The summed E-state index contributed by atoms with van der Waals surface area (Å²) in [6.45, 7) is 1.60. The van der Waals surface area contributed by atoms with E-state index < -0.39 is 0 Å². The molecule has 2 aromatic carbocycles. The van der Waals surface area contributed by atoms with E-state index in [1.54, 1.807) is 7.11 Å². The third kappa shape index (κ3) is 4.55. The maximum absolute atomic E-state index is 12.8. The summed E-state index contributed by atoms with van der Waals surface area (Å²) >= 11 is 6.21. The number of hydrogen-bond donors (Lipinski definition) is 0. The first kappa shape index (κ1) is 17.8. The van der Waals surface area contributed by atoms with Crippen LogP contribution in [0.3, 0.4) is 0 Å². The molecule has 2 aromatic rings. The molecule has 1 amide bonds. The average molecular weight is 358 g/mol. The van der Waals surface area contributed by atoms with Crippen LogP contribution in [-0.2, 0) is 11.2 Å². The largest absolute Gasteiger partial charge is 0.497 e. The molecule has 1 aliphatic rings. The number of carbonyl (C=O) groups is 1. The van der Waals surface area contributed by atoms with Crippen LogP contribution >= 0.6 is 11.6 Å². The van der Waals surface area contributed by atoms with Crippen LogP contribution in [0.4, 0.5) is 0 Å². The number of carbonyl (C=O) groups excluding carboxylic acids is 1. The molecule has 1 saturated heterocycles. The molecule has 3 rings (SSSR count). The van der Waals surface area contributed by atoms with Crippen LogP contribution in [0.15, 0.2) is 48.5 Å². The second-order valence-electron chi connectivity index (χ2n) is 6.57. The molecule has 0 unspecified atom stereocenters. The number of amides is 1. The van der Waals surface area contributed by atoms with Crippen molar-refractivity contribution in [2.75, 3.05) is 20.2 Å². The predicted molar refractivity (Wildman–Crippen MR) is 101 cm³/mol. The van der Waals surface area contributed by atoms with Gasteiger partial charge in [-0.1, -0.05) is 48.4 Å². The Bertz CT molecular complexity index is 714. The Balaban J connectivity index is 1.70. The summed E-state index contributed by atoms with van der Waals surface area (Å²) in [5.74, 6) is 1.40. The first-order valence-electron chi connectivity index (χ1n) is 8.82. The van der Waals surface area contributed by atoms with Gasteiger partial charge < -0.3 is 9.64 Å². The minimum absolute atomic E-state index is 0.161. The maximum Gasteiger partial charge on any atom is 0.227 e. The van der Waals surface area contributed by atoms with Gasteiger partial charge in [-0.05, 0) is 42.2 Å². The lowest BCUT2D eigenvalue weighted by Crippen LogP contribution is -2.35. The van der Waals surface area contributed by atoms with E-state index in [-0.39, 0.29) is 5.91 Å². The second kappa shape index (κ2) is 8.39. The van der Waals surface area contributed by atoms with Crippen molar-refractivity contribution in [2.45, 2.75) is 31.6 Å². The van der Waals surface area contributed by atoms with E-state index in [4.69, 9.17) is 16.3 Å². The highest BCUT2D eigenvalue weighted by Crippen LogP contribution is 2.28. The fraction of sp³-hybridized carbons (Fsp3) is 0.381. The van der Waals surface area contributed by atoms with Gasteiger partial charge in [0.2, 0.25) is 5.91 Å². The van der Waals surface area contributed by atoms with Gasteiger partial charge in [-0.3, -0.25) is 4.79 Å². The van der Waals surface area contributed by atoms with Crippen LogP contribution in [0.5, 0.6) is 5.75 Å². The van der Waals surface area contributed by atoms with Crippen LogP contribution in [0, 0.1) is 0 Å². The van der Waals surface area contributed by atoms with Gasteiger partial charge in [0, 0.05) is 24.0 Å². The maximum atomic E-state index is 12.8. The van der Waals surface area contributed by atoms with Gasteiger partial charge in [-0.15, -0.1) is 0 Å². The molecule has 1 atom stereocenters. The zero-order valence-electron chi connectivity index (χ0n) is 14.6. The Morgan fingerprint density at radius 3 is 2.64 bits per heavy atom. The molecule has 0 saturated carbocycles. The molecule has 132 valence electrons. The zero-order valence-corrected chi connectivity index (χ0v) is 15.3. The van der Waals surface area contributed by atoms with E-state index in [2.05, 4.69) is 12.1 Å². The number of ether oxygens (including phenoxy) is 1. The lowest BCUT2D eigenvalue weighted by atomic mass is 9.94. The molecule has 3 nitrogen and oxygen atoms in total. The molecular formula is C21H24ClNO2. The Labute approximate surface area is 154 Å². The van der Waals surface area contributed by atoms with Crippen LogP contribution in [0.25, 0.3) is 0 Å². The molecule has 1 aliphatic heterocycles. The van der Waals surface area contributed by atoms with Gasteiger partial charge >= 0.3 is 0 Å². The standard InChI is InChI=1S/C21H24ClNO2/c1-25-19-11-9-16(10-12-19)18-7-4-5-13-23(15-18)21(24)14-17-6-2-3-8-20(17)22/h2-3,6,8-12,18H,4-5,7,13-15H2,1H3/t18-/m1/s1. The monoisotopic (exact) mass is 357 g/mol. The fourth-order valence-electron chi connectivity index (χ4n) is 3.43. The summed E-state index contributed by atoms with van der Waals surface area (Å²) in [4.78, 5) is 14.8. The highest BCUT2D eigenvalue weighted by atomic mass is 35.5. The number of rotatable bonds is 4. The molecular weight excluding hydrogens is 334 g/mol. The summed E-state index contributed by atoms with van der Waals surface area (Å²) in [5.41, 5.74) is 2.18. The van der Waals surface area contributed by atoms with Crippen molar-refractivity contribution >= 4 is 17.5 Å². The lowest BCUT2D eigenvalue weighted by molar-refractivity contribution is -0.130. The minimum atomic E-state index is 0.161. The summed E-state index contributed by atoms with van der Waals surface area (Å²) in [6, 6.07) is 15.8. The SMILES string of the molecule is COc1ccc([C@@H]2CCCCN(C(=O)Cc3ccccc3Cl)C2)cc1. The topological polar surface area (TPSA) is 29.5 Å². The predicted octanol–water partition coefficient (Wildman–Crippen LogP) is 4.69. The Hall–Kier alpha value is -2.00. The Kier molecular flexibility index (Phi) is 5.98. The van der Waals surface area contributed by atoms with E-state index in [0.717, 1.165) is 43.7 Å². The first-order chi connectivity index (χ1) is 12.2. The summed E-state index contributed by atoms with van der Waals surface area (Å²) < 4.78 is 5.24. The van der Waals surface area contributed by atoms with Crippen molar-refractivity contribution in [3.05, 3.63) is 64.7 Å². The molecule has 0 bridgehead atoms. The van der Waals surface area contributed by atoms with Crippen molar-refractivity contribution < 1.29 is 9.53 Å². The number of methoxy groups -OCH3 is 1. The van der Waals surface area contributed by atoms with Crippen molar-refractivity contribution in [3.8, 4) is 5.75 Å². The van der Waals surface area contributed by atoms with E-state index >= 15 is 0 Å². The van der Waals surface area contributed by atoms with Crippen LogP contribution in [0.1, 0.15) is 36.3 Å². The number of likely N-dealkylation sites (tertiary alicyclic amines) is 1. The Morgan fingerprint density at radius 1 is 1.16 bits per heavy atom. The van der Waals surface area contributed by atoms with Gasteiger partial charge in [-0.2, -0.15) is 0 Å². The van der Waals surface area contributed by atoms with Gasteiger partial charge in [-0.25, -0.2) is 0 Å². The third-order valence-electron chi connectivity index (χ3n) is 4.91. The first-order valence-corrected chi connectivity index (χ1v) is 9.20. The third-order valence-corrected chi connectivity index (χ3v) is 5.28. The lowest BCUT2D eigenvalue weighted by Gasteiger charge is -2.25. The highest BCUT2D eigenvalue weighted by Gasteiger charge is 2.23. The van der Waals surface area contributed by atoms with Crippen LogP contribution in [-0.4, -0.2) is 31.0 Å². The Morgan fingerprint density at radius 2 is 1.92 bits per heavy atom. The average Bonchev–Trinajstić information content (AvgIpc) is 2.90. The molecule has 1 fully saturated rings. The molecule has 0 spiro atoms. The highest BCUT2D eigenvalue weighted by molar-refractivity contribution is 6.31. The molecule has 0 radical (unpaired) electrons. The summed E-state index contributed by atoms with van der Waals surface area (Å²) in [6.07, 6.45) is 3.69. The molecule has 0 aliphatic carbocycles. The van der Waals surface area contributed by atoms with Crippen molar-refractivity contribution in [1.82, 2.24) is 4.90 Å². The van der Waals surface area contributed by atoms with Crippen LogP contribution < -0.4 is 4.74 Å². The number of hydrogen-bond acceptors (Lipinski definition) is 2. The van der Waals surface area contributed by atoms with Crippen molar-refractivity contribution in [3.63, 3.8) is 0 Å². The van der Waals surface area contributed by atoms with E-state index in [1.807, 2.05) is 41.3 Å². The molecule has 4 heteroatoms.